The molecule has 0 saturated carbocycles. The van der Waals surface area contributed by atoms with E-state index in [2.05, 4.69) is 15.3 Å². The first kappa shape index (κ1) is 19.9. The van der Waals surface area contributed by atoms with Crippen LogP contribution in [-0.4, -0.2) is 28.8 Å². The van der Waals surface area contributed by atoms with Crippen molar-refractivity contribution in [1.82, 2.24) is 9.78 Å². The third-order valence-corrected chi connectivity index (χ3v) is 5.57. The average molecular weight is 406 g/mol. The maximum atomic E-state index is 12.6. The lowest BCUT2D eigenvalue weighted by atomic mass is 10.2. The van der Waals surface area contributed by atoms with Crippen LogP contribution in [0.2, 0.25) is 0 Å². The highest BCUT2D eigenvalue weighted by Crippen LogP contribution is 2.28. The van der Waals surface area contributed by atoms with Gasteiger partial charge in [0.2, 0.25) is 5.91 Å². The number of benzene rings is 2. The van der Waals surface area contributed by atoms with E-state index in [4.69, 9.17) is 0 Å². The Bertz CT molecular complexity index is 1160. The molecule has 30 heavy (non-hydrogen) atoms. The first-order chi connectivity index (χ1) is 14.6. The number of carbonyl (C=O) groups excluding carboxylic acids is 1. The summed E-state index contributed by atoms with van der Waals surface area (Å²) in [5.74, 6) is -0.196. The largest absolute Gasteiger partial charge is 0.370 e. The highest BCUT2D eigenvalue weighted by Gasteiger charge is 2.15. The highest BCUT2D eigenvalue weighted by molar-refractivity contribution is 5.94. The summed E-state index contributed by atoms with van der Waals surface area (Å²) in [5.41, 5.74) is 1.17. The number of rotatable bonds is 5. The van der Waals surface area contributed by atoms with Gasteiger partial charge in [0.25, 0.3) is 11.1 Å². The molecule has 1 amide bonds. The SMILES string of the molecule is O=C(CCn1[nH]c(=O)c2ccccc2c1=O)Nc1ccccc1N1CCCCCC1. The number of aryl methyl sites for hydroxylation is 1. The molecule has 0 bridgehead atoms. The summed E-state index contributed by atoms with van der Waals surface area (Å²) in [4.78, 5) is 39.8. The van der Waals surface area contributed by atoms with Crippen molar-refractivity contribution < 1.29 is 4.79 Å². The Balaban J connectivity index is 1.48. The summed E-state index contributed by atoms with van der Waals surface area (Å²) in [6, 6.07) is 14.5. The number of amides is 1. The van der Waals surface area contributed by atoms with Crippen molar-refractivity contribution in [3.05, 3.63) is 69.2 Å². The Labute approximate surface area is 174 Å². The molecule has 1 aromatic heterocycles. The Hall–Kier alpha value is -3.35. The van der Waals surface area contributed by atoms with Gasteiger partial charge in [-0.25, -0.2) is 4.68 Å². The van der Waals surface area contributed by atoms with E-state index in [1.165, 1.54) is 17.5 Å². The number of anilines is 2. The van der Waals surface area contributed by atoms with E-state index in [-0.39, 0.29) is 30.0 Å². The van der Waals surface area contributed by atoms with Crippen molar-refractivity contribution in [2.75, 3.05) is 23.3 Å². The van der Waals surface area contributed by atoms with E-state index in [1.54, 1.807) is 24.3 Å². The zero-order valence-electron chi connectivity index (χ0n) is 16.9. The van der Waals surface area contributed by atoms with Crippen LogP contribution in [0.15, 0.2) is 58.1 Å². The average Bonchev–Trinajstić information content (AvgIpc) is 3.05. The lowest BCUT2D eigenvalue weighted by Gasteiger charge is -2.25. The van der Waals surface area contributed by atoms with Crippen molar-refractivity contribution in [2.24, 2.45) is 0 Å². The molecule has 0 atom stereocenters. The molecule has 4 rings (SSSR count). The van der Waals surface area contributed by atoms with Crippen LogP contribution in [0, 0.1) is 0 Å². The zero-order valence-corrected chi connectivity index (χ0v) is 16.9. The second kappa shape index (κ2) is 8.98. The molecule has 3 aromatic rings. The van der Waals surface area contributed by atoms with Crippen molar-refractivity contribution in [2.45, 2.75) is 38.6 Å². The Kier molecular flexibility index (Phi) is 5.97. The molecule has 2 aromatic carbocycles. The first-order valence-electron chi connectivity index (χ1n) is 10.5. The molecule has 1 fully saturated rings. The number of hydrogen-bond donors (Lipinski definition) is 2. The smallest absolute Gasteiger partial charge is 0.273 e. The fourth-order valence-corrected chi connectivity index (χ4v) is 4.00. The molecule has 2 N–H and O–H groups in total. The van der Waals surface area contributed by atoms with Gasteiger partial charge in [0.05, 0.1) is 28.7 Å². The minimum atomic E-state index is -0.336. The second-order valence-electron chi connectivity index (χ2n) is 7.66. The van der Waals surface area contributed by atoms with Crippen LogP contribution in [0.3, 0.4) is 0 Å². The van der Waals surface area contributed by atoms with Crippen molar-refractivity contribution in [3.8, 4) is 0 Å². The number of hydrogen-bond acceptors (Lipinski definition) is 4. The third kappa shape index (κ3) is 4.30. The summed E-state index contributed by atoms with van der Waals surface area (Å²) in [7, 11) is 0. The number of nitrogens with zero attached hydrogens (tertiary/aromatic N) is 2. The summed E-state index contributed by atoms with van der Waals surface area (Å²) in [6.07, 6.45) is 4.87. The monoisotopic (exact) mass is 406 g/mol. The predicted octanol–water partition coefficient (Wildman–Crippen LogP) is 3.10. The molecular weight excluding hydrogens is 380 g/mol. The summed E-state index contributed by atoms with van der Waals surface area (Å²) >= 11 is 0. The number of fused-ring (bicyclic) bond motifs is 1. The minimum Gasteiger partial charge on any atom is -0.370 e. The van der Waals surface area contributed by atoms with Gasteiger partial charge in [0.15, 0.2) is 0 Å². The number of para-hydroxylation sites is 2. The molecule has 1 aliphatic rings. The fraction of sp³-hybridized carbons (Fsp3) is 0.348. The number of carbonyl (C=O) groups is 1. The maximum absolute atomic E-state index is 12.6. The molecule has 156 valence electrons. The molecular formula is C23H26N4O3. The van der Waals surface area contributed by atoms with Gasteiger partial charge in [-0.1, -0.05) is 37.1 Å². The van der Waals surface area contributed by atoms with Gasteiger partial charge in [-0.05, 0) is 37.1 Å². The lowest BCUT2D eigenvalue weighted by Crippen LogP contribution is -2.31. The van der Waals surface area contributed by atoms with E-state index in [0.29, 0.717) is 10.8 Å². The quantitative estimate of drug-likeness (QED) is 0.682. The van der Waals surface area contributed by atoms with Gasteiger partial charge in [-0.2, -0.15) is 0 Å². The Morgan fingerprint density at radius 1 is 0.900 bits per heavy atom. The van der Waals surface area contributed by atoms with Crippen LogP contribution in [0.1, 0.15) is 32.1 Å². The van der Waals surface area contributed by atoms with E-state index < -0.39 is 0 Å². The molecule has 0 spiro atoms. The molecule has 0 aliphatic carbocycles. The standard InChI is InChI=1S/C23H26N4O3/c28-21(13-16-27-23(30)18-10-4-3-9-17(18)22(29)25-27)24-19-11-5-6-12-20(19)26-14-7-1-2-8-15-26/h3-6,9-12H,1-2,7-8,13-16H2,(H,24,28)(H,25,29). The Morgan fingerprint density at radius 2 is 1.57 bits per heavy atom. The van der Waals surface area contributed by atoms with Crippen molar-refractivity contribution in [1.29, 1.82) is 0 Å². The molecule has 0 radical (unpaired) electrons. The van der Waals surface area contributed by atoms with Gasteiger partial charge in [-0.15, -0.1) is 0 Å². The number of nitrogens with one attached hydrogen (secondary N) is 2. The topological polar surface area (TPSA) is 87.2 Å². The minimum absolute atomic E-state index is 0.0858. The molecule has 1 aliphatic heterocycles. The normalized spacial score (nSPS) is 14.5. The van der Waals surface area contributed by atoms with Crippen LogP contribution in [-0.2, 0) is 11.3 Å². The molecule has 7 nitrogen and oxygen atoms in total. The van der Waals surface area contributed by atoms with Gasteiger partial charge in [0.1, 0.15) is 0 Å². The number of aromatic amines is 1. The Morgan fingerprint density at radius 3 is 2.33 bits per heavy atom. The van der Waals surface area contributed by atoms with Crippen molar-refractivity contribution >= 4 is 28.1 Å². The maximum Gasteiger partial charge on any atom is 0.273 e. The van der Waals surface area contributed by atoms with Gasteiger partial charge in [-0.3, -0.25) is 19.5 Å². The van der Waals surface area contributed by atoms with E-state index in [9.17, 15) is 14.4 Å². The number of aromatic nitrogens is 2. The number of H-pyrrole nitrogens is 1. The molecule has 0 unspecified atom stereocenters. The van der Waals surface area contributed by atoms with Crippen LogP contribution < -0.4 is 21.3 Å². The van der Waals surface area contributed by atoms with E-state index in [1.807, 2.05) is 24.3 Å². The summed E-state index contributed by atoms with van der Waals surface area (Å²) < 4.78 is 1.21. The highest BCUT2D eigenvalue weighted by atomic mass is 16.2. The first-order valence-corrected chi connectivity index (χ1v) is 10.5. The van der Waals surface area contributed by atoms with E-state index >= 15 is 0 Å². The van der Waals surface area contributed by atoms with Gasteiger partial charge >= 0.3 is 0 Å². The summed E-state index contributed by atoms with van der Waals surface area (Å²) in [6.45, 7) is 2.08. The van der Waals surface area contributed by atoms with Crippen molar-refractivity contribution in [3.63, 3.8) is 0 Å². The molecule has 7 heteroatoms. The fourth-order valence-electron chi connectivity index (χ4n) is 4.00. The van der Waals surface area contributed by atoms with Crippen LogP contribution in [0.25, 0.3) is 10.8 Å². The third-order valence-electron chi connectivity index (χ3n) is 5.57. The van der Waals surface area contributed by atoms with Crippen LogP contribution in [0.5, 0.6) is 0 Å². The molecule has 2 heterocycles. The molecule has 1 saturated heterocycles. The van der Waals surface area contributed by atoms with E-state index in [0.717, 1.165) is 37.3 Å². The van der Waals surface area contributed by atoms with Crippen LogP contribution in [0.4, 0.5) is 11.4 Å². The lowest BCUT2D eigenvalue weighted by molar-refractivity contribution is -0.116. The predicted molar refractivity (Wildman–Crippen MR) is 119 cm³/mol. The summed E-state index contributed by atoms with van der Waals surface area (Å²) in [5, 5.41) is 6.26. The zero-order chi connectivity index (χ0) is 20.9. The van der Waals surface area contributed by atoms with Crippen LogP contribution >= 0.6 is 0 Å². The van der Waals surface area contributed by atoms with Gasteiger partial charge in [0, 0.05) is 19.5 Å². The van der Waals surface area contributed by atoms with Gasteiger partial charge < -0.3 is 10.2 Å². The second-order valence-corrected chi connectivity index (χ2v) is 7.66.